The Hall–Kier alpha value is -2.11. The monoisotopic (exact) mass is 414 g/mol. The molecule has 0 saturated carbocycles. The van der Waals surface area contributed by atoms with Crippen molar-refractivity contribution in [2.45, 2.75) is 65.0 Å². The van der Waals surface area contributed by atoms with Gasteiger partial charge in [0.05, 0.1) is 18.8 Å². The van der Waals surface area contributed by atoms with Crippen LogP contribution in [-0.2, 0) is 4.79 Å². The van der Waals surface area contributed by atoms with Crippen molar-refractivity contribution in [3.05, 3.63) is 53.6 Å². The number of rotatable bonds is 11. The van der Waals surface area contributed by atoms with Gasteiger partial charge in [-0.05, 0) is 58.6 Å². The molecule has 0 radical (unpaired) electrons. The zero-order chi connectivity index (χ0) is 21.8. The molecule has 166 valence electrons. The number of hydrogen-bond donors (Lipinski definition) is 2. The normalized spacial score (nSPS) is 19.9. The minimum Gasteiger partial charge on any atom is -0.494 e. The lowest BCUT2D eigenvalue weighted by Crippen LogP contribution is -2.55. The van der Waals surface area contributed by atoms with Crippen molar-refractivity contribution in [1.29, 1.82) is 0 Å². The van der Waals surface area contributed by atoms with Crippen LogP contribution in [0.25, 0.3) is 0 Å². The maximum absolute atomic E-state index is 12.3. The first-order chi connectivity index (χ1) is 14.4. The Morgan fingerprint density at radius 3 is 2.70 bits per heavy atom. The Balaban J connectivity index is 1.68. The maximum atomic E-state index is 12.3. The molecule has 0 bridgehead atoms. The summed E-state index contributed by atoms with van der Waals surface area (Å²) in [5.74, 6) is 0.798. The fourth-order valence-electron chi connectivity index (χ4n) is 3.51. The molecule has 1 saturated heterocycles. The zero-order valence-electron chi connectivity index (χ0n) is 18.8. The van der Waals surface area contributed by atoms with Gasteiger partial charge in [-0.25, -0.2) is 0 Å². The Labute approximate surface area is 181 Å². The van der Waals surface area contributed by atoms with E-state index in [1.807, 2.05) is 30.3 Å². The Morgan fingerprint density at radius 1 is 1.20 bits per heavy atom. The van der Waals surface area contributed by atoms with E-state index in [-0.39, 0.29) is 11.9 Å². The average Bonchev–Trinajstić information content (AvgIpc) is 2.72. The smallest absolute Gasteiger partial charge is 0.220 e. The number of benzene rings is 1. The summed E-state index contributed by atoms with van der Waals surface area (Å²) in [5, 5.41) is 13.3. The van der Waals surface area contributed by atoms with Crippen LogP contribution in [0.2, 0.25) is 0 Å². The van der Waals surface area contributed by atoms with E-state index in [9.17, 15) is 9.90 Å². The molecular formula is C25H38N2O3. The summed E-state index contributed by atoms with van der Waals surface area (Å²) >= 11 is 0. The van der Waals surface area contributed by atoms with E-state index in [1.54, 1.807) is 0 Å². The van der Waals surface area contributed by atoms with Crippen LogP contribution >= 0.6 is 0 Å². The summed E-state index contributed by atoms with van der Waals surface area (Å²) in [6.45, 7) is 9.35. The Bertz CT molecular complexity index is 696. The van der Waals surface area contributed by atoms with Gasteiger partial charge >= 0.3 is 0 Å². The highest BCUT2D eigenvalue weighted by Crippen LogP contribution is 2.14. The molecule has 5 heteroatoms. The van der Waals surface area contributed by atoms with Crippen molar-refractivity contribution in [3.8, 4) is 5.75 Å². The van der Waals surface area contributed by atoms with Gasteiger partial charge in [0.1, 0.15) is 5.75 Å². The summed E-state index contributed by atoms with van der Waals surface area (Å²) in [6.07, 6.45) is 7.96. The number of likely N-dealkylation sites (tertiary alicyclic amines) is 1. The number of nitrogens with one attached hydrogen (secondary N) is 1. The van der Waals surface area contributed by atoms with Gasteiger partial charge in [-0.2, -0.15) is 0 Å². The molecule has 2 rings (SSSR count). The third-order valence-electron chi connectivity index (χ3n) is 5.36. The number of para-hydroxylation sites is 1. The van der Waals surface area contributed by atoms with Crippen molar-refractivity contribution in [1.82, 2.24) is 10.2 Å². The topological polar surface area (TPSA) is 61.8 Å². The second-order valence-electron chi connectivity index (χ2n) is 8.43. The van der Waals surface area contributed by atoms with Crippen LogP contribution in [0.5, 0.6) is 5.75 Å². The number of hydrogen-bond acceptors (Lipinski definition) is 4. The van der Waals surface area contributed by atoms with Crippen molar-refractivity contribution < 1.29 is 14.6 Å². The first-order valence-electron chi connectivity index (χ1n) is 11.1. The highest BCUT2D eigenvalue weighted by molar-refractivity contribution is 5.76. The summed E-state index contributed by atoms with van der Waals surface area (Å²) in [7, 11) is 0. The van der Waals surface area contributed by atoms with E-state index >= 15 is 0 Å². The summed E-state index contributed by atoms with van der Waals surface area (Å²) in [4.78, 5) is 14.6. The van der Waals surface area contributed by atoms with E-state index in [0.29, 0.717) is 32.4 Å². The quantitative estimate of drug-likeness (QED) is 0.423. The van der Waals surface area contributed by atoms with Gasteiger partial charge < -0.3 is 15.2 Å². The number of carbonyl (C=O) groups is 1. The van der Waals surface area contributed by atoms with Crippen LogP contribution in [-0.4, -0.2) is 54.3 Å². The van der Waals surface area contributed by atoms with Crippen LogP contribution in [0.4, 0.5) is 0 Å². The number of amides is 1. The first-order valence-corrected chi connectivity index (χ1v) is 11.1. The van der Waals surface area contributed by atoms with Crippen molar-refractivity contribution in [2.75, 3.05) is 26.2 Å². The number of aliphatic hydroxyl groups excluding tert-OH is 1. The maximum Gasteiger partial charge on any atom is 0.220 e. The third-order valence-corrected chi connectivity index (χ3v) is 5.36. The van der Waals surface area contributed by atoms with Crippen LogP contribution in [0.3, 0.4) is 0 Å². The van der Waals surface area contributed by atoms with Gasteiger partial charge in [0.25, 0.3) is 0 Å². The van der Waals surface area contributed by atoms with Gasteiger partial charge in [0, 0.05) is 26.1 Å². The van der Waals surface area contributed by atoms with Gasteiger partial charge in [0.2, 0.25) is 5.91 Å². The zero-order valence-corrected chi connectivity index (χ0v) is 18.8. The molecule has 2 atom stereocenters. The predicted molar refractivity (Wildman–Crippen MR) is 123 cm³/mol. The predicted octanol–water partition coefficient (Wildman–Crippen LogP) is 4.09. The molecule has 0 aromatic heterocycles. The Morgan fingerprint density at radius 2 is 1.97 bits per heavy atom. The second kappa shape index (κ2) is 13.2. The molecule has 1 aromatic rings. The number of ether oxygens (including phenoxy) is 1. The lowest BCUT2D eigenvalue weighted by molar-refractivity contribution is -0.123. The fraction of sp³-hybridized carbons (Fsp3) is 0.560. The average molecular weight is 415 g/mol. The summed E-state index contributed by atoms with van der Waals surface area (Å²) in [5.41, 5.74) is 2.75. The molecule has 1 aliphatic rings. The first kappa shape index (κ1) is 24.2. The number of aliphatic hydroxyl groups is 1. The summed E-state index contributed by atoms with van der Waals surface area (Å²) in [6, 6.07) is 9.41. The Kier molecular flexibility index (Phi) is 10.7. The largest absolute Gasteiger partial charge is 0.494 e. The van der Waals surface area contributed by atoms with Crippen molar-refractivity contribution in [2.24, 2.45) is 0 Å². The molecule has 0 spiro atoms. The molecular weight excluding hydrogens is 376 g/mol. The minimum atomic E-state index is -0.478. The molecule has 1 fully saturated rings. The van der Waals surface area contributed by atoms with E-state index in [1.165, 1.54) is 11.1 Å². The minimum absolute atomic E-state index is 0.0222. The molecule has 5 nitrogen and oxygen atoms in total. The molecule has 0 aliphatic carbocycles. The molecule has 30 heavy (non-hydrogen) atoms. The van der Waals surface area contributed by atoms with Gasteiger partial charge in [-0.15, -0.1) is 0 Å². The highest BCUT2D eigenvalue weighted by atomic mass is 16.5. The van der Waals surface area contributed by atoms with Crippen LogP contribution in [0.1, 0.15) is 52.9 Å². The third kappa shape index (κ3) is 9.59. The van der Waals surface area contributed by atoms with E-state index in [0.717, 1.165) is 31.7 Å². The van der Waals surface area contributed by atoms with Crippen molar-refractivity contribution in [3.63, 3.8) is 0 Å². The second-order valence-corrected chi connectivity index (χ2v) is 8.43. The lowest BCUT2D eigenvalue weighted by Gasteiger charge is -2.36. The van der Waals surface area contributed by atoms with Crippen LogP contribution in [0.15, 0.2) is 53.6 Å². The molecule has 1 aromatic carbocycles. The van der Waals surface area contributed by atoms with Gasteiger partial charge in [0.15, 0.2) is 0 Å². The molecule has 1 aliphatic heterocycles. The lowest BCUT2D eigenvalue weighted by atomic mass is 10.0. The highest BCUT2D eigenvalue weighted by Gasteiger charge is 2.28. The van der Waals surface area contributed by atoms with Crippen LogP contribution < -0.4 is 10.1 Å². The molecule has 1 amide bonds. The van der Waals surface area contributed by atoms with E-state index in [4.69, 9.17) is 4.74 Å². The van der Waals surface area contributed by atoms with Crippen molar-refractivity contribution >= 4 is 5.91 Å². The number of carbonyl (C=O) groups excluding carboxylic acids is 1. The summed E-state index contributed by atoms with van der Waals surface area (Å²) < 4.78 is 5.63. The van der Waals surface area contributed by atoms with Gasteiger partial charge in [-0.3, -0.25) is 9.69 Å². The molecule has 2 N–H and O–H groups in total. The number of allylic oxidation sites excluding steroid dienone is 3. The van der Waals surface area contributed by atoms with Crippen LogP contribution in [0, 0.1) is 0 Å². The standard InChI is InChI=1S/C25H38N2O3/c1-20(2)9-7-10-21(3)14-16-27-17-15-24(28)23(19-27)26-25(29)13-8-18-30-22-11-5-4-6-12-22/h4-6,9,11-12,14,23-24,28H,7-8,10,13,15-19H2,1-3H3,(H,26,29)/t23-,24+/m1/s1. The number of nitrogens with zero attached hydrogens (tertiary/aromatic N) is 1. The fourth-order valence-corrected chi connectivity index (χ4v) is 3.51. The SMILES string of the molecule is CC(C)=CCCC(C)=CCN1CC[C@H](O)[C@H](NC(=O)CCCOc2ccccc2)C1. The van der Waals surface area contributed by atoms with Gasteiger partial charge in [-0.1, -0.05) is 41.5 Å². The molecule has 0 unspecified atom stereocenters. The van der Waals surface area contributed by atoms with E-state index < -0.39 is 6.10 Å². The molecule has 1 heterocycles. The van der Waals surface area contributed by atoms with E-state index in [2.05, 4.69) is 43.1 Å². The number of piperidine rings is 1.